The van der Waals surface area contributed by atoms with Gasteiger partial charge in [0.25, 0.3) is 0 Å². The van der Waals surface area contributed by atoms with Crippen LogP contribution in [0.3, 0.4) is 0 Å². The third-order valence-electron chi connectivity index (χ3n) is 2.39. The van der Waals surface area contributed by atoms with Crippen molar-refractivity contribution in [2.24, 2.45) is 0 Å². The highest BCUT2D eigenvalue weighted by molar-refractivity contribution is 5.27. The lowest BCUT2D eigenvalue weighted by Crippen LogP contribution is -1.84. The van der Waals surface area contributed by atoms with Crippen LogP contribution in [0.25, 0.3) is 0 Å². The highest BCUT2D eigenvalue weighted by Gasteiger charge is 1.96. The minimum atomic E-state index is -0.331. The number of rotatable bonds is 1. The van der Waals surface area contributed by atoms with Crippen molar-refractivity contribution in [2.75, 3.05) is 0 Å². The molecule has 0 saturated carbocycles. The van der Waals surface area contributed by atoms with E-state index in [-0.39, 0.29) is 11.6 Å². The van der Waals surface area contributed by atoms with E-state index in [1.807, 2.05) is 12.1 Å². The maximum atomic E-state index is 12.0. The quantitative estimate of drug-likeness (QED) is 0.799. The lowest BCUT2D eigenvalue weighted by molar-refractivity contribution is 0.473. The zero-order chi connectivity index (χ0) is 13.5. The van der Waals surface area contributed by atoms with Crippen molar-refractivity contribution in [1.82, 2.24) is 0 Å². The van der Waals surface area contributed by atoms with Crippen LogP contribution < -0.4 is 0 Å². The molecule has 0 aliphatic rings. The zero-order valence-electron chi connectivity index (χ0n) is 10.5. The van der Waals surface area contributed by atoms with Crippen LogP contribution in [-0.4, -0.2) is 10.2 Å². The Morgan fingerprint density at radius 2 is 1.17 bits per heavy atom. The van der Waals surface area contributed by atoms with Crippen molar-refractivity contribution in [2.45, 2.75) is 19.8 Å². The van der Waals surface area contributed by atoms with Gasteiger partial charge in [0, 0.05) is 0 Å². The molecule has 2 nitrogen and oxygen atoms in total. The molecule has 0 aliphatic heterocycles. The summed E-state index contributed by atoms with van der Waals surface area (Å²) in [6.07, 6.45) is 0. The van der Waals surface area contributed by atoms with Crippen LogP contribution in [0.15, 0.2) is 48.5 Å². The highest BCUT2D eigenvalue weighted by Crippen LogP contribution is 2.16. The summed E-state index contributed by atoms with van der Waals surface area (Å²) in [6, 6.07) is 12.3. The summed E-state index contributed by atoms with van der Waals surface area (Å²) in [5, 5.41) is 17.5. The van der Waals surface area contributed by atoms with E-state index in [1.54, 1.807) is 12.1 Å². The van der Waals surface area contributed by atoms with Crippen LogP contribution in [0.5, 0.6) is 11.5 Å². The molecule has 0 unspecified atom stereocenters. The Morgan fingerprint density at radius 3 is 1.50 bits per heavy atom. The summed E-state index contributed by atoms with van der Waals surface area (Å²) in [6.45, 7) is 4.26. The Kier molecular flexibility index (Phi) is 5.18. The number of hydrogen-bond donors (Lipinski definition) is 2. The lowest BCUT2D eigenvalue weighted by atomic mass is 10.0. The van der Waals surface area contributed by atoms with E-state index in [1.165, 1.54) is 29.8 Å². The van der Waals surface area contributed by atoms with E-state index in [0.717, 1.165) is 0 Å². The fraction of sp³-hybridized carbons (Fsp3) is 0.200. The Morgan fingerprint density at radius 1 is 0.778 bits per heavy atom. The Hall–Kier alpha value is -2.03. The summed E-state index contributed by atoms with van der Waals surface area (Å²) in [7, 11) is 0. The second-order valence-electron chi connectivity index (χ2n) is 4.22. The number of aromatic hydroxyl groups is 2. The van der Waals surface area contributed by atoms with Gasteiger partial charge in [0.15, 0.2) is 0 Å². The Balaban J connectivity index is 0.000000184. The molecule has 0 saturated heterocycles. The molecule has 2 rings (SSSR count). The van der Waals surface area contributed by atoms with E-state index in [2.05, 4.69) is 13.8 Å². The summed E-state index contributed by atoms with van der Waals surface area (Å²) in [5.74, 6) is 0.638. The summed E-state index contributed by atoms with van der Waals surface area (Å²) in [4.78, 5) is 0. The smallest absolute Gasteiger partial charge is 0.123 e. The molecule has 0 radical (unpaired) electrons. The molecule has 2 aromatic carbocycles. The predicted octanol–water partition coefficient (Wildman–Crippen LogP) is 4.05. The summed E-state index contributed by atoms with van der Waals surface area (Å²) < 4.78 is 12.0. The SMILES string of the molecule is CC(C)c1ccc(O)cc1.Oc1ccc(F)cc1. The normalized spacial score (nSPS) is 9.78. The third-order valence-corrected chi connectivity index (χ3v) is 2.39. The first kappa shape index (κ1) is 14.0. The molecule has 0 aromatic heterocycles. The van der Waals surface area contributed by atoms with Crippen LogP contribution in [0.4, 0.5) is 4.39 Å². The predicted molar refractivity (Wildman–Crippen MR) is 70.3 cm³/mol. The van der Waals surface area contributed by atoms with Gasteiger partial charge >= 0.3 is 0 Å². The van der Waals surface area contributed by atoms with Gasteiger partial charge in [-0.1, -0.05) is 26.0 Å². The zero-order valence-corrected chi connectivity index (χ0v) is 10.5. The number of hydrogen-bond acceptors (Lipinski definition) is 2. The lowest BCUT2D eigenvalue weighted by Gasteiger charge is -2.03. The average Bonchev–Trinajstić information content (AvgIpc) is 2.34. The van der Waals surface area contributed by atoms with Crippen LogP contribution in [0, 0.1) is 5.82 Å². The molecular weight excluding hydrogens is 231 g/mol. The first-order valence-electron chi connectivity index (χ1n) is 5.72. The van der Waals surface area contributed by atoms with E-state index < -0.39 is 0 Å². The van der Waals surface area contributed by atoms with E-state index in [0.29, 0.717) is 11.7 Å². The average molecular weight is 248 g/mol. The van der Waals surface area contributed by atoms with Crippen molar-refractivity contribution in [1.29, 1.82) is 0 Å². The van der Waals surface area contributed by atoms with E-state index in [9.17, 15) is 4.39 Å². The van der Waals surface area contributed by atoms with Gasteiger partial charge in [-0.2, -0.15) is 0 Å². The molecule has 18 heavy (non-hydrogen) atoms. The molecule has 2 N–H and O–H groups in total. The minimum Gasteiger partial charge on any atom is -0.508 e. The molecule has 0 bridgehead atoms. The number of phenolic OH excluding ortho intramolecular Hbond substituents is 2. The molecule has 0 fully saturated rings. The largest absolute Gasteiger partial charge is 0.508 e. The van der Waals surface area contributed by atoms with Gasteiger partial charge in [-0.3, -0.25) is 0 Å². The standard InChI is InChI=1S/C9H12O.C6H5FO/c1-7(2)8-3-5-9(10)6-4-8;7-5-1-3-6(8)4-2-5/h3-7,10H,1-2H3;1-4,8H. The highest BCUT2D eigenvalue weighted by atomic mass is 19.1. The monoisotopic (exact) mass is 248 g/mol. The minimum absolute atomic E-state index is 0.0893. The molecule has 0 heterocycles. The first-order chi connectivity index (χ1) is 8.49. The maximum Gasteiger partial charge on any atom is 0.123 e. The Bertz CT molecular complexity index is 440. The van der Waals surface area contributed by atoms with Crippen LogP contribution in [-0.2, 0) is 0 Å². The molecule has 0 aliphatic carbocycles. The van der Waals surface area contributed by atoms with Crippen molar-refractivity contribution in [3.05, 3.63) is 59.9 Å². The first-order valence-corrected chi connectivity index (χ1v) is 5.72. The van der Waals surface area contributed by atoms with Gasteiger partial charge in [0.05, 0.1) is 0 Å². The van der Waals surface area contributed by atoms with Gasteiger partial charge < -0.3 is 10.2 Å². The van der Waals surface area contributed by atoms with Crippen LogP contribution in [0.1, 0.15) is 25.3 Å². The van der Waals surface area contributed by atoms with Crippen molar-refractivity contribution >= 4 is 0 Å². The molecule has 0 atom stereocenters. The van der Waals surface area contributed by atoms with Crippen molar-refractivity contribution in [3.8, 4) is 11.5 Å². The molecule has 2 aromatic rings. The Labute approximate surface area is 106 Å². The number of benzene rings is 2. The second-order valence-corrected chi connectivity index (χ2v) is 4.22. The fourth-order valence-electron chi connectivity index (χ4n) is 1.30. The van der Waals surface area contributed by atoms with Gasteiger partial charge in [-0.05, 0) is 47.9 Å². The van der Waals surface area contributed by atoms with Crippen LogP contribution in [0.2, 0.25) is 0 Å². The molecule has 0 spiro atoms. The van der Waals surface area contributed by atoms with Gasteiger partial charge in [-0.15, -0.1) is 0 Å². The maximum absolute atomic E-state index is 12.0. The second kappa shape index (κ2) is 6.64. The van der Waals surface area contributed by atoms with Gasteiger partial charge in [0.2, 0.25) is 0 Å². The van der Waals surface area contributed by atoms with Gasteiger partial charge in [-0.25, -0.2) is 4.39 Å². The topological polar surface area (TPSA) is 40.5 Å². The number of halogens is 1. The van der Waals surface area contributed by atoms with Gasteiger partial charge in [0.1, 0.15) is 17.3 Å². The summed E-state index contributed by atoms with van der Waals surface area (Å²) >= 11 is 0. The molecular formula is C15H17FO2. The number of phenols is 2. The fourth-order valence-corrected chi connectivity index (χ4v) is 1.30. The molecule has 96 valence electrons. The van der Waals surface area contributed by atoms with E-state index >= 15 is 0 Å². The molecule has 3 heteroatoms. The summed E-state index contributed by atoms with van der Waals surface area (Å²) in [5.41, 5.74) is 1.26. The molecule has 0 amide bonds. The van der Waals surface area contributed by atoms with Crippen molar-refractivity contribution in [3.63, 3.8) is 0 Å². The van der Waals surface area contributed by atoms with Crippen LogP contribution >= 0.6 is 0 Å². The van der Waals surface area contributed by atoms with Crippen molar-refractivity contribution < 1.29 is 14.6 Å². The third kappa shape index (κ3) is 4.87. The van der Waals surface area contributed by atoms with E-state index in [4.69, 9.17) is 10.2 Å².